The van der Waals surface area contributed by atoms with E-state index in [0.29, 0.717) is 31.4 Å². The summed E-state index contributed by atoms with van der Waals surface area (Å²) >= 11 is 0. The third-order valence-electron chi connectivity index (χ3n) is 3.27. The minimum absolute atomic E-state index is 0.430. The summed E-state index contributed by atoms with van der Waals surface area (Å²) in [5, 5.41) is 0. The Morgan fingerprint density at radius 1 is 1.00 bits per heavy atom. The fourth-order valence-electron chi connectivity index (χ4n) is 2.36. The summed E-state index contributed by atoms with van der Waals surface area (Å²) in [5.41, 5.74) is -1.20. The zero-order chi connectivity index (χ0) is 15.0. The van der Waals surface area contributed by atoms with Crippen molar-refractivity contribution in [3.8, 4) is 5.75 Å². The van der Waals surface area contributed by atoms with Crippen LogP contribution in [0.3, 0.4) is 0 Å². The first-order chi connectivity index (χ1) is 9.60. The van der Waals surface area contributed by atoms with Crippen LogP contribution in [0.15, 0.2) is 30.3 Å². The molecule has 0 saturated carbocycles. The fourth-order valence-corrected chi connectivity index (χ4v) is 2.36. The molecule has 0 aromatic heterocycles. The molecule has 0 atom stereocenters. The van der Waals surface area contributed by atoms with Crippen molar-refractivity contribution in [2.24, 2.45) is 5.41 Å². The summed E-state index contributed by atoms with van der Waals surface area (Å²) in [5.74, 6) is -0.598. The van der Waals surface area contributed by atoms with Crippen molar-refractivity contribution < 1.29 is 19.1 Å². The Morgan fingerprint density at radius 2 is 1.55 bits per heavy atom. The molecule has 1 aromatic carbocycles. The third-order valence-corrected chi connectivity index (χ3v) is 3.27. The maximum Gasteiger partial charge on any atom is 0.328 e. The predicted molar refractivity (Wildman–Crippen MR) is 76.3 cm³/mol. The van der Waals surface area contributed by atoms with E-state index in [2.05, 4.69) is 0 Å². The number of methoxy groups -OCH3 is 1. The van der Waals surface area contributed by atoms with Crippen LogP contribution in [0, 0.1) is 5.41 Å². The molecule has 0 N–H and O–H groups in total. The van der Waals surface area contributed by atoms with E-state index < -0.39 is 17.4 Å². The molecule has 110 valence electrons. The number of rotatable bonds is 7. The van der Waals surface area contributed by atoms with E-state index in [4.69, 9.17) is 9.47 Å². The molecule has 0 spiro atoms. The largest absolute Gasteiger partial charge is 0.468 e. The van der Waals surface area contributed by atoms with Crippen LogP contribution in [-0.4, -0.2) is 19.0 Å². The minimum atomic E-state index is -1.20. The molecule has 0 aliphatic carbocycles. The minimum Gasteiger partial charge on any atom is -0.468 e. The summed E-state index contributed by atoms with van der Waals surface area (Å²) in [7, 11) is 1.30. The van der Waals surface area contributed by atoms with E-state index in [1.165, 1.54) is 7.11 Å². The van der Waals surface area contributed by atoms with Crippen LogP contribution in [0.5, 0.6) is 5.75 Å². The number of hydrogen-bond donors (Lipinski definition) is 0. The Morgan fingerprint density at radius 3 is 2.00 bits per heavy atom. The Hall–Kier alpha value is -1.84. The second kappa shape index (κ2) is 7.68. The zero-order valence-electron chi connectivity index (χ0n) is 12.3. The topological polar surface area (TPSA) is 52.6 Å². The van der Waals surface area contributed by atoms with Gasteiger partial charge in [-0.05, 0) is 25.0 Å². The van der Waals surface area contributed by atoms with Gasteiger partial charge in [0.15, 0.2) is 5.41 Å². The van der Waals surface area contributed by atoms with Gasteiger partial charge in [-0.2, -0.15) is 0 Å². The van der Waals surface area contributed by atoms with E-state index in [9.17, 15) is 9.59 Å². The normalized spacial score (nSPS) is 10.9. The van der Waals surface area contributed by atoms with E-state index in [0.717, 1.165) is 0 Å². The summed E-state index contributed by atoms with van der Waals surface area (Å²) < 4.78 is 10.2. The molecule has 0 fully saturated rings. The Balaban J connectivity index is 3.02. The standard InChI is InChI=1S/C16H22O4/c1-4-11-16(12-5-2,14(17)19-3)15(18)20-13-9-7-6-8-10-13/h6-10H,4-5,11-12H2,1-3H3. The number of esters is 2. The Labute approximate surface area is 120 Å². The van der Waals surface area contributed by atoms with Crippen molar-refractivity contribution in [3.63, 3.8) is 0 Å². The van der Waals surface area contributed by atoms with Gasteiger partial charge in [0, 0.05) is 0 Å². The molecule has 0 aliphatic heterocycles. The van der Waals surface area contributed by atoms with Crippen molar-refractivity contribution in [2.45, 2.75) is 39.5 Å². The molecule has 4 heteroatoms. The smallest absolute Gasteiger partial charge is 0.328 e. The summed E-state index contributed by atoms with van der Waals surface area (Å²) in [6.07, 6.45) is 2.27. The van der Waals surface area contributed by atoms with Gasteiger partial charge in [-0.1, -0.05) is 44.9 Å². The summed E-state index contributed by atoms with van der Waals surface area (Å²) in [6.45, 7) is 3.87. The molecule has 20 heavy (non-hydrogen) atoms. The molecule has 0 heterocycles. The van der Waals surface area contributed by atoms with Gasteiger partial charge in [-0.25, -0.2) is 0 Å². The fraction of sp³-hybridized carbons (Fsp3) is 0.500. The van der Waals surface area contributed by atoms with Crippen molar-refractivity contribution >= 4 is 11.9 Å². The lowest BCUT2D eigenvalue weighted by molar-refractivity contribution is -0.166. The molecule has 1 aromatic rings. The van der Waals surface area contributed by atoms with Crippen LogP contribution in [0.1, 0.15) is 39.5 Å². The number of hydrogen-bond acceptors (Lipinski definition) is 4. The zero-order valence-corrected chi connectivity index (χ0v) is 12.3. The SMILES string of the molecule is CCCC(CCC)(C(=O)OC)C(=O)Oc1ccccc1. The quantitative estimate of drug-likeness (QED) is 0.436. The van der Waals surface area contributed by atoms with Crippen molar-refractivity contribution in [3.05, 3.63) is 30.3 Å². The average molecular weight is 278 g/mol. The van der Waals surface area contributed by atoms with E-state index in [1.54, 1.807) is 24.3 Å². The van der Waals surface area contributed by atoms with Crippen molar-refractivity contribution in [1.82, 2.24) is 0 Å². The van der Waals surface area contributed by atoms with E-state index >= 15 is 0 Å². The molecular formula is C16H22O4. The Kier molecular flexibility index (Phi) is 6.22. The van der Waals surface area contributed by atoms with Gasteiger partial charge >= 0.3 is 11.9 Å². The van der Waals surface area contributed by atoms with Gasteiger partial charge in [0.2, 0.25) is 0 Å². The Bertz CT molecular complexity index is 433. The number of carbonyl (C=O) groups excluding carboxylic acids is 2. The van der Waals surface area contributed by atoms with Crippen LogP contribution in [0.2, 0.25) is 0 Å². The molecule has 0 saturated heterocycles. The first-order valence-electron chi connectivity index (χ1n) is 6.96. The second-order valence-electron chi connectivity index (χ2n) is 4.78. The highest BCUT2D eigenvalue weighted by Crippen LogP contribution is 2.33. The van der Waals surface area contributed by atoms with Crippen LogP contribution in [0.25, 0.3) is 0 Å². The predicted octanol–water partition coefficient (Wildman–Crippen LogP) is 3.35. The van der Waals surface area contributed by atoms with Crippen LogP contribution in [-0.2, 0) is 14.3 Å². The van der Waals surface area contributed by atoms with Crippen molar-refractivity contribution in [2.75, 3.05) is 7.11 Å². The van der Waals surface area contributed by atoms with Gasteiger partial charge in [0.1, 0.15) is 5.75 Å². The van der Waals surface area contributed by atoms with Gasteiger partial charge in [0.05, 0.1) is 7.11 Å². The number of para-hydroxylation sites is 1. The molecule has 0 bridgehead atoms. The third kappa shape index (κ3) is 3.59. The maximum atomic E-state index is 12.5. The summed E-state index contributed by atoms with van der Waals surface area (Å²) in [4.78, 5) is 24.6. The lowest BCUT2D eigenvalue weighted by Crippen LogP contribution is -2.43. The lowest BCUT2D eigenvalue weighted by atomic mass is 9.79. The van der Waals surface area contributed by atoms with Crippen LogP contribution < -0.4 is 4.74 Å². The van der Waals surface area contributed by atoms with Gasteiger partial charge in [-0.15, -0.1) is 0 Å². The monoisotopic (exact) mass is 278 g/mol. The number of carbonyl (C=O) groups is 2. The highest BCUT2D eigenvalue weighted by molar-refractivity contribution is 6.00. The lowest BCUT2D eigenvalue weighted by Gasteiger charge is -2.27. The highest BCUT2D eigenvalue weighted by Gasteiger charge is 2.47. The molecule has 0 aliphatic rings. The molecule has 4 nitrogen and oxygen atoms in total. The molecular weight excluding hydrogens is 256 g/mol. The van der Waals surface area contributed by atoms with Crippen LogP contribution in [0.4, 0.5) is 0 Å². The molecule has 0 unspecified atom stereocenters. The first-order valence-corrected chi connectivity index (χ1v) is 6.96. The van der Waals surface area contributed by atoms with Gasteiger partial charge < -0.3 is 9.47 Å². The average Bonchev–Trinajstić information content (AvgIpc) is 2.47. The second-order valence-corrected chi connectivity index (χ2v) is 4.78. The van der Waals surface area contributed by atoms with E-state index in [-0.39, 0.29) is 0 Å². The maximum absolute atomic E-state index is 12.5. The molecule has 0 amide bonds. The highest BCUT2D eigenvalue weighted by atomic mass is 16.6. The molecule has 0 radical (unpaired) electrons. The number of benzene rings is 1. The number of ether oxygens (including phenoxy) is 2. The van der Waals surface area contributed by atoms with Gasteiger partial charge in [0.25, 0.3) is 0 Å². The van der Waals surface area contributed by atoms with Crippen molar-refractivity contribution in [1.29, 1.82) is 0 Å². The van der Waals surface area contributed by atoms with Gasteiger partial charge in [-0.3, -0.25) is 9.59 Å². The summed E-state index contributed by atoms with van der Waals surface area (Å²) in [6, 6.07) is 8.78. The van der Waals surface area contributed by atoms with E-state index in [1.807, 2.05) is 19.9 Å². The van der Waals surface area contributed by atoms with Crippen LogP contribution >= 0.6 is 0 Å². The first kappa shape index (κ1) is 16.2. The molecule has 1 rings (SSSR count).